The number of para-hydroxylation sites is 1. The van der Waals surface area contributed by atoms with Crippen molar-refractivity contribution >= 4 is 11.6 Å². The van der Waals surface area contributed by atoms with Crippen LogP contribution in [-0.2, 0) is 14.9 Å². The van der Waals surface area contributed by atoms with Crippen LogP contribution in [0, 0.1) is 5.41 Å². The average molecular weight is 368 g/mol. The maximum atomic E-state index is 12.9. The smallest absolute Gasteiger partial charge is 0.224 e. The van der Waals surface area contributed by atoms with Gasteiger partial charge in [0, 0.05) is 32.0 Å². The zero-order chi connectivity index (χ0) is 18.4. The molecule has 144 valence electrons. The number of piperidine rings is 1. The number of rotatable bonds is 1. The Hall–Kier alpha value is -1.59. The number of nitrogens with zero attached hydrogens (tertiary/aromatic N) is 2. The Kier molecular flexibility index (Phi) is 3.07. The molecule has 5 nitrogen and oxygen atoms in total. The van der Waals surface area contributed by atoms with Gasteiger partial charge < -0.3 is 14.4 Å². The third-order valence-electron chi connectivity index (χ3n) is 8.58. The van der Waals surface area contributed by atoms with Gasteiger partial charge in [-0.15, -0.1) is 0 Å². The van der Waals surface area contributed by atoms with Gasteiger partial charge in [0.15, 0.2) is 0 Å². The first kappa shape index (κ1) is 16.4. The van der Waals surface area contributed by atoms with E-state index in [1.54, 1.807) is 14.0 Å². The largest absolute Gasteiger partial charge is 0.495 e. The zero-order valence-corrected chi connectivity index (χ0v) is 16.3. The first-order valence-corrected chi connectivity index (χ1v) is 10.5. The highest BCUT2D eigenvalue weighted by molar-refractivity contribution is 5.98. The van der Waals surface area contributed by atoms with Gasteiger partial charge in [-0.25, -0.2) is 0 Å². The molecule has 4 aliphatic heterocycles. The highest BCUT2D eigenvalue weighted by atomic mass is 16.5. The number of benzene rings is 1. The molecule has 5 heteroatoms. The molecule has 0 radical (unpaired) electrons. The fourth-order valence-electron chi connectivity index (χ4n) is 7.98. The predicted molar refractivity (Wildman–Crippen MR) is 102 cm³/mol. The van der Waals surface area contributed by atoms with E-state index in [2.05, 4.69) is 21.9 Å². The summed E-state index contributed by atoms with van der Waals surface area (Å²) in [7, 11) is 1.71. The number of methoxy groups -OCH3 is 1. The molecule has 1 amide bonds. The molecule has 27 heavy (non-hydrogen) atoms. The van der Waals surface area contributed by atoms with Crippen molar-refractivity contribution in [1.82, 2.24) is 4.90 Å². The van der Waals surface area contributed by atoms with Gasteiger partial charge >= 0.3 is 0 Å². The number of anilines is 1. The zero-order valence-electron chi connectivity index (χ0n) is 16.3. The third-order valence-corrected chi connectivity index (χ3v) is 8.58. The number of hydrogen-bond acceptors (Lipinski definition) is 4. The molecule has 5 aliphatic rings. The van der Waals surface area contributed by atoms with Gasteiger partial charge in [-0.3, -0.25) is 9.69 Å². The van der Waals surface area contributed by atoms with Gasteiger partial charge in [0.05, 0.1) is 24.3 Å². The lowest BCUT2D eigenvalue weighted by molar-refractivity contribution is -0.232. The maximum absolute atomic E-state index is 12.9. The van der Waals surface area contributed by atoms with Gasteiger partial charge in [0.2, 0.25) is 5.91 Å². The van der Waals surface area contributed by atoms with E-state index in [-0.39, 0.29) is 28.5 Å². The normalized spacial score (nSPS) is 41.7. The second-order valence-corrected chi connectivity index (χ2v) is 9.13. The van der Waals surface area contributed by atoms with Crippen LogP contribution in [0.25, 0.3) is 0 Å². The Bertz CT molecular complexity index is 841. The summed E-state index contributed by atoms with van der Waals surface area (Å²) in [5.41, 5.74) is 2.17. The molecule has 3 saturated heterocycles. The van der Waals surface area contributed by atoms with Crippen LogP contribution >= 0.6 is 0 Å². The molecular formula is C22H28N2O3. The van der Waals surface area contributed by atoms with E-state index in [0.29, 0.717) is 0 Å². The second kappa shape index (κ2) is 5.06. The van der Waals surface area contributed by atoms with E-state index in [4.69, 9.17) is 9.47 Å². The number of carbonyl (C=O) groups excluding carboxylic acids is 1. The molecule has 2 spiro atoms. The molecule has 0 N–H and O–H groups in total. The van der Waals surface area contributed by atoms with Crippen LogP contribution in [0.5, 0.6) is 5.75 Å². The Morgan fingerprint density at radius 2 is 2.11 bits per heavy atom. The Morgan fingerprint density at radius 3 is 2.93 bits per heavy atom. The summed E-state index contributed by atoms with van der Waals surface area (Å²) in [6.45, 7) is 4.75. The summed E-state index contributed by atoms with van der Waals surface area (Å²) in [5.74, 6) is 0.944. The van der Waals surface area contributed by atoms with Gasteiger partial charge in [-0.05, 0) is 50.2 Å². The van der Waals surface area contributed by atoms with E-state index in [1.807, 2.05) is 6.07 Å². The lowest BCUT2D eigenvalue weighted by atomic mass is 9.50. The van der Waals surface area contributed by atoms with Gasteiger partial charge in [-0.1, -0.05) is 12.1 Å². The van der Waals surface area contributed by atoms with E-state index >= 15 is 0 Å². The minimum atomic E-state index is -0.244. The molecule has 6 rings (SSSR count). The summed E-state index contributed by atoms with van der Waals surface area (Å²) in [4.78, 5) is 17.6. The summed E-state index contributed by atoms with van der Waals surface area (Å²) in [5, 5.41) is 0. The number of fused-ring (bicyclic) bond motifs is 1. The molecule has 4 heterocycles. The monoisotopic (exact) mass is 368 g/mol. The molecule has 0 aromatic heterocycles. The molecule has 4 atom stereocenters. The second-order valence-electron chi connectivity index (χ2n) is 9.13. The lowest BCUT2D eigenvalue weighted by Crippen LogP contribution is -2.73. The van der Waals surface area contributed by atoms with E-state index in [1.165, 1.54) is 18.4 Å². The number of amides is 1. The van der Waals surface area contributed by atoms with Gasteiger partial charge in [0.25, 0.3) is 0 Å². The van der Waals surface area contributed by atoms with Crippen LogP contribution in [0.4, 0.5) is 5.69 Å². The third kappa shape index (κ3) is 1.53. The molecule has 0 bridgehead atoms. The topological polar surface area (TPSA) is 42.0 Å². The van der Waals surface area contributed by atoms with E-state index < -0.39 is 0 Å². The van der Waals surface area contributed by atoms with Crippen LogP contribution in [-0.4, -0.2) is 49.4 Å². The van der Waals surface area contributed by atoms with E-state index in [9.17, 15) is 4.79 Å². The van der Waals surface area contributed by atoms with Crippen molar-refractivity contribution in [2.45, 2.75) is 62.6 Å². The van der Waals surface area contributed by atoms with Gasteiger partial charge in [-0.2, -0.15) is 0 Å². The van der Waals surface area contributed by atoms with Crippen LogP contribution in [0.1, 0.15) is 51.0 Å². The summed E-state index contributed by atoms with van der Waals surface area (Å²) in [6, 6.07) is 6.52. The standard InChI is InChI=1S/C22H28N2O3/c1-15(25)24-18-7-9-20-8-4-12-23-13-10-21(18,22(20,23)27-14-11-20)16-5-3-6-17(26-2)19(16)24/h3,5-6,18H,4,7-14H2,1-2H3/t18-,20-,21-,22+/m1/s1. The van der Waals surface area contributed by atoms with Crippen molar-refractivity contribution in [2.24, 2.45) is 5.41 Å². The molecular weight excluding hydrogens is 340 g/mol. The molecule has 1 aromatic carbocycles. The SMILES string of the molecule is COc1cccc2c1N(C(C)=O)[C@@H]1CC[C@@]34CCCN5CC[C@@]21[C@]53OCC4. The van der Waals surface area contributed by atoms with E-state index in [0.717, 1.165) is 56.8 Å². The van der Waals surface area contributed by atoms with Crippen molar-refractivity contribution in [2.75, 3.05) is 31.7 Å². The van der Waals surface area contributed by atoms with Crippen molar-refractivity contribution in [3.63, 3.8) is 0 Å². The average Bonchev–Trinajstić information content (AvgIpc) is 3.31. The first-order valence-electron chi connectivity index (χ1n) is 10.5. The predicted octanol–water partition coefficient (Wildman–Crippen LogP) is 3.06. The molecule has 1 aromatic rings. The minimum absolute atomic E-state index is 0.124. The van der Waals surface area contributed by atoms with Crippen molar-refractivity contribution < 1.29 is 14.3 Å². The highest BCUT2D eigenvalue weighted by Crippen LogP contribution is 2.73. The Morgan fingerprint density at radius 1 is 1.22 bits per heavy atom. The Labute approximate surface area is 160 Å². The summed E-state index contributed by atoms with van der Waals surface area (Å²) >= 11 is 0. The van der Waals surface area contributed by atoms with Crippen LogP contribution in [0.2, 0.25) is 0 Å². The summed E-state index contributed by atoms with van der Waals surface area (Å²) in [6.07, 6.45) is 7.00. The molecule has 0 unspecified atom stereocenters. The van der Waals surface area contributed by atoms with Crippen LogP contribution in [0.15, 0.2) is 18.2 Å². The number of hydrogen-bond donors (Lipinski definition) is 0. The van der Waals surface area contributed by atoms with Gasteiger partial charge in [0.1, 0.15) is 11.5 Å². The van der Waals surface area contributed by atoms with Crippen molar-refractivity contribution in [3.05, 3.63) is 23.8 Å². The Balaban J connectivity index is 1.68. The molecule has 4 fully saturated rings. The quantitative estimate of drug-likeness (QED) is 0.764. The lowest BCUT2D eigenvalue weighted by Gasteiger charge is -2.62. The van der Waals surface area contributed by atoms with Crippen molar-refractivity contribution in [1.29, 1.82) is 0 Å². The number of carbonyl (C=O) groups is 1. The number of ether oxygens (including phenoxy) is 2. The van der Waals surface area contributed by atoms with Crippen molar-refractivity contribution in [3.8, 4) is 5.75 Å². The first-order chi connectivity index (χ1) is 13.1. The molecule has 1 aliphatic carbocycles. The fourth-order valence-corrected chi connectivity index (χ4v) is 7.98. The highest BCUT2D eigenvalue weighted by Gasteiger charge is 2.79. The van der Waals surface area contributed by atoms with Crippen LogP contribution in [0.3, 0.4) is 0 Å². The fraction of sp³-hybridized carbons (Fsp3) is 0.682. The molecule has 1 saturated carbocycles. The maximum Gasteiger partial charge on any atom is 0.224 e. The van der Waals surface area contributed by atoms with Crippen LogP contribution < -0.4 is 9.64 Å². The summed E-state index contributed by atoms with van der Waals surface area (Å²) < 4.78 is 12.6. The minimum Gasteiger partial charge on any atom is -0.495 e.